The maximum atomic E-state index is 13.9. The fourth-order valence-electron chi connectivity index (χ4n) is 4.77. The van der Waals surface area contributed by atoms with Gasteiger partial charge >= 0.3 is 23.9 Å². The number of hydrogen-bond donors (Lipinski definition) is 1. The molecule has 0 aromatic heterocycles. The zero-order valence-corrected chi connectivity index (χ0v) is 26.9. The van der Waals surface area contributed by atoms with Crippen LogP contribution in [0.15, 0.2) is 43.4 Å². The number of ether oxygens (including phenoxy) is 5. The van der Waals surface area contributed by atoms with Crippen LogP contribution in [0.4, 0.5) is 5.69 Å². The van der Waals surface area contributed by atoms with Crippen molar-refractivity contribution < 1.29 is 42.9 Å². The molecule has 0 bridgehead atoms. The van der Waals surface area contributed by atoms with Crippen LogP contribution >= 0.6 is 35.3 Å². The van der Waals surface area contributed by atoms with Crippen LogP contribution < -0.4 is 10.1 Å². The average molecular weight is 636 g/mol. The second kappa shape index (κ2) is 12.7. The molecule has 0 saturated heterocycles. The van der Waals surface area contributed by atoms with Gasteiger partial charge in [-0.05, 0) is 53.7 Å². The number of rotatable bonds is 9. The minimum absolute atomic E-state index is 0.0181. The quantitative estimate of drug-likeness (QED) is 0.281. The number of carbonyl (C=O) groups is 4. The summed E-state index contributed by atoms with van der Waals surface area (Å²) in [4.78, 5) is 54.8. The molecular formula is C29H33NO9S3. The molecule has 1 N–H and O–H groups in total. The molecule has 226 valence electrons. The number of carbonyl (C=O) groups excluding carboxylic acids is 4. The maximum absolute atomic E-state index is 13.9. The van der Waals surface area contributed by atoms with E-state index in [1.54, 1.807) is 40.9 Å². The molecular weight excluding hydrogens is 603 g/mol. The number of nitrogens with one attached hydrogen (secondary N) is 1. The third-order valence-corrected chi connectivity index (χ3v) is 11.1. The van der Waals surface area contributed by atoms with Gasteiger partial charge in [-0.2, -0.15) is 0 Å². The summed E-state index contributed by atoms with van der Waals surface area (Å²) in [6, 6.07) is 5.47. The summed E-state index contributed by atoms with van der Waals surface area (Å²) in [6.45, 7) is 10.8. The first-order valence-electron chi connectivity index (χ1n) is 13.4. The van der Waals surface area contributed by atoms with Crippen LogP contribution in [0, 0.1) is 0 Å². The fraction of sp³-hybridized carbons (Fsp3) is 0.448. The van der Waals surface area contributed by atoms with E-state index >= 15 is 0 Å². The molecule has 1 aromatic rings. The number of fused-ring (bicyclic) bond motifs is 3. The lowest BCUT2D eigenvalue weighted by molar-refractivity contribution is -0.141. The number of anilines is 1. The normalized spacial score (nSPS) is 18.2. The largest absolute Gasteiger partial charge is 0.497 e. The fourth-order valence-corrected chi connectivity index (χ4v) is 9.72. The molecule has 0 unspecified atom stereocenters. The van der Waals surface area contributed by atoms with Crippen molar-refractivity contribution in [2.45, 2.75) is 51.2 Å². The first kappa shape index (κ1) is 31.9. The molecule has 1 aromatic carbocycles. The Bertz CT molecular complexity index is 1400. The lowest BCUT2D eigenvalue weighted by Gasteiger charge is -2.46. The van der Waals surface area contributed by atoms with Crippen LogP contribution in [0.25, 0.3) is 5.57 Å². The highest BCUT2D eigenvalue weighted by atomic mass is 32.2. The smallest absolute Gasteiger partial charge is 0.346 e. The highest BCUT2D eigenvalue weighted by molar-refractivity contribution is 8.26. The summed E-state index contributed by atoms with van der Waals surface area (Å²) in [6.07, 6.45) is 0. The Kier molecular flexibility index (Phi) is 9.63. The van der Waals surface area contributed by atoms with Gasteiger partial charge in [0.25, 0.3) is 0 Å². The number of esters is 4. The minimum Gasteiger partial charge on any atom is -0.497 e. The summed E-state index contributed by atoms with van der Waals surface area (Å²) in [5, 5.41) is 3.52. The zero-order valence-electron chi connectivity index (χ0n) is 24.5. The molecule has 13 heteroatoms. The van der Waals surface area contributed by atoms with Crippen LogP contribution in [0.3, 0.4) is 0 Å². The summed E-state index contributed by atoms with van der Waals surface area (Å²) in [7, 11) is 1.56. The van der Waals surface area contributed by atoms with E-state index in [-0.39, 0.29) is 46.7 Å². The van der Waals surface area contributed by atoms with Gasteiger partial charge in [-0.3, -0.25) is 0 Å². The molecule has 0 fully saturated rings. The third-order valence-electron chi connectivity index (χ3n) is 6.39. The van der Waals surface area contributed by atoms with Gasteiger partial charge in [-0.1, -0.05) is 35.3 Å². The van der Waals surface area contributed by atoms with Crippen LogP contribution in [0.1, 0.15) is 47.1 Å². The van der Waals surface area contributed by atoms with E-state index in [4.69, 9.17) is 23.7 Å². The standard InChI is InChI=1S/C29H33NO9S3/c1-8-36-24(31)19-20(25(32)37-9-2)40-23-18(16-13-12-15(35-7)14-17(16)30-28(23,5)6)29(19)41-21(26(33)38-10-3)22(42-29)27(34)39-11-4/h12-14,30H,8-11H2,1-7H3. The van der Waals surface area contributed by atoms with Gasteiger partial charge in [0.15, 0.2) is 0 Å². The van der Waals surface area contributed by atoms with Crippen molar-refractivity contribution in [3.8, 4) is 5.75 Å². The molecule has 0 amide bonds. The van der Waals surface area contributed by atoms with Gasteiger partial charge in [-0.25, -0.2) is 19.2 Å². The predicted octanol–water partition coefficient (Wildman–Crippen LogP) is 5.25. The molecule has 1 spiro atoms. The van der Waals surface area contributed by atoms with Gasteiger partial charge in [0.2, 0.25) is 0 Å². The summed E-state index contributed by atoms with van der Waals surface area (Å²) in [5.41, 5.74) is 1.27. The summed E-state index contributed by atoms with van der Waals surface area (Å²) < 4.78 is 25.6. The topological polar surface area (TPSA) is 126 Å². The third kappa shape index (κ3) is 5.53. The van der Waals surface area contributed by atoms with Crippen LogP contribution in [-0.2, 0) is 38.1 Å². The van der Waals surface area contributed by atoms with Gasteiger partial charge in [-0.15, -0.1) is 0 Å². The van der Waals surface area contributed by atoms with Crippen molar-refractivity contribution in [2.24, 2.45) is 0 Å². The van der Waals surface area contributed by atoms with Gasteiger partial charge in [0.1, 0.15) is 24.5 Å². The van der Waals surface area contributed by atoms with Gasteiger partial charge in [0, 0.05) is 27.8 Å². The first-order valence-corrected chi connectivity index (χ1v) is 15.9. The van der Waals surface area contributed by atoms with E-state index in [1.165, 1.54) is 0 Å². The van der Waals surface area contributed by atoms with Crippen molar-refractivity contribution in [2.75, 3.05) is 38.9 Å². The zero-order chi connectivity index (χ0) is 30.8. The predicted molar refractivity (Wildman–Crippen MR) is 164 cm³/mol. The molecule has 0 aliphatic carbocycles. The lowest BCUT2D eigenvalue weighted by atomic mass is 9.85. The molecule has 0 radical (unpaired) electrons. The van der Waals surface area contributed by atoms with Crippen molar-refractivity contribution in [3.63, 3.8) is 0 Å². The Morgan fingerprint density at radius 1 is 0.762 bits per heavy atom. The lowest BCUT2D eigenvalue weighted by Crippen LogP contribution is -2.44. The minimum atomic E-state index is -1.51. The number of thioether (sulfide) groups is 3. The summed E-state index contributed by atoms with van der Waals surface area (Å²) in [5.74, 6) is -2.34. The molecule has 0 atom stereocenters. The van der Waals surface area contributed by atoms with E-state index < -0.39 is 33.5 Å². The van der Waals surface area contributed by atoms with Gasteiger partial charge < -0.3 is 29.0 Å². The Morgan fingerprint density at radius 2 is 1.26 bits per heavy atom. The number of benzene rings is 1. The van der Waals surface area contributed by atoms with Crippen LogP contribution in [0.2, 0.25) is 0 Å². The SMILES string of the molecule is CCOC(=O)C1=C(C(=O)OCC)SC2(S1)C(C(=O)OCC)=C(C(=O)OCC)SC1=C2c2ccc(OC)cc2NC1(C)C. The van der Waals surface area contributed by atoms with Crippen molar-refractivity contribution in [1.82, 2.24) is 0 Å². The molecule has 3 heterocycles. The molecule has 42 heavy (non-hydrogen) atoms. The monoisotopic (exact) mass is 635 g/mol. The highest BCUT2D eigenvalue weighted by Crippen LogP contribution is 2.70. The van der Waals surface area contributed by atoms with E-state index in [0.29, 0.717) is 27.5 Å². The Balaban J connectivity index is 2.10. The highest BCUT2D eigenvalue weighted by Gasteiger charge is 2.60. The van der Waals surface area contributed by atoms with Crippen molar-refractivity contribution in [3.05, 3.63) is 49.0 Å². The van der Waals surface area contributed by atoms with E-state index in [0.717, 1.165) is 35.3 Å². The molecule has 3 aliphatic rings. The molecule has 0 saturated carbocycles. The second-order valence-electron chi connectivity index (χ2n) is 9.53. The Hall–Kier alpha value is -3.03. The van der Waals surface area contributed by atoms with E-state index in [9.17, 15) is 19.2 Å². The Labute approximate surface area is 257 Å². The number of hydrogen-bond acceptors (Lipinski definition) is 13. The summed E-state index contributed by atoms with van der Waals surface area (Å²) >= 11 is 3.07. The van der Waals surface area contributed by atoms with Crippen LogP contribution in [0.5, 0.6) is 5.75 Å². The second-order valence-corrected chi connectivity index (χ2v) is 13.3. The average Bonchev–Trinajstić information content (AvgIpc) is 3.33. The van der Waals surface area contributed by atoms with Crippen LogP contribution in [-0.4, -0.2) is 67.0 Å². The molecule has 10 nitrogen and oxygen atoms in total. The maximum Gasteiger partial charge on any atom is 0.346 e. The van der Waals surface area contributed by atoms with Gasteiger partial charge in [0.05, 0.1) is 44.6 Å². The van der Waals surface area contributed by atoms with Crippen molar-refractivity contribution >= 4 is 70.4 Å². The number of methoxy groups -OCH3 is 1. The van der Waals surface area contributed by atoms with E-state index in [2.05, 4.69) is 5.32 Å². The molecule has 4 rings (SSSR count). The van der Waals surface area contributed by atoms with E-state index in [1.807, 2.05) is 26.0 Å². The van der Waals surface area contributed by atoms with Crippen molar-refractivity contribution in [1.29, 1.82) is 0 Å². The first-order chi connectivity index (χ1) is 20.0. The molecule has 3 aliphatic heterocycles. The Morgan fingerprint density at radius 3 is 1.76 bits per heavy atom.